The van der Waals surface area contributed by atoms with E-state index in [1.807, 2.05) is 31.2 Å². The summed E-state index contributed by atoms with van der Waals surface area (Å²) in [4.78, 5) is 18.6. The maximum atomic E-state index is 12.4. The molecule has 0 bridgehead atoms. The number of carbonyl (C=O) groups excluding carboxylic acids is 1. The molecule has 1 aliphatic heterocycles. The van der Waals surface area contributed by atoms with Gasteiger partial charge in [-0.2, -0.15) is 0 Å². The van der Waals surface area contributed by atoms with Crippen LogP contribution >= 0.6 is 11.6 Å². The van der Waals surface area contributed by atoms with Crippen LogP contribution < -0.4 is 15.5 Å². The predicted molar refractivity (Wildman–Crippen MR) is 99.3 cm³/mol. The minimum absolute atomic E-state index is 0.131. The second kappa shape index (κ2) is 8.18. The number of nitrogens with zero attached hydrogens (tertiary/aromatic N) is 2. The van der Waals surface area contributed by atoms with Gasteiger partial charge < -0.3 is 20.3 Å². The molecule has 1 atom stereocenters. The summed E-state index contributed by atoms with van der Waals surface area (Å²) in [5, 5.41) is 6.43. The number of urea groups is 1. The molecular formula is C18H21ClN4O2. The van der Waals surface area contributed by atoms with E-state index < -0.39 is 0 Å². The number of morpholine rings is 1. The molecule has 0 saturated carbocycles. The highest BCUT2D eigenvalue weighted by Gasteiger charge is 2.17. The van der Waals surface area contributed by atoms with Gasteiger partial charge in [-0.15, -0.1) is 0 Å². The van der Waals surface area contributed by atoms with E-state index in [-0.39, 0.29) is 12.1 Å². The number of hydrogen-bond acceptors (Lipinski definition) is 4. The molecule has 2 aromatic rings. The van der Waals surface area contributed by atoms with Gasteiger partial charge in [0.05, 0.1) is 30.6 Å². The van der Waals surface area contributed by atoms with Gasteiger partial charge in [-0.25, -0.2) is 4.79 Å². The molecule has 1 fully saturated rings. The van der Waals surface area contributed by atoms with Crippen LogP contribution in [0.2, 0.25) is 5.02 Å². The number of anilines is 2. The molecule has 1 saturated heterocycles. The number of amides is 2. The average Bonchev–Trinajstić information content (AvgIpc) is 2.63. The quantitative estimate of drug-likeness (QED) is 0.876. The number of nitrogens with one attached hydrogen (secondary N) is 2. The second-order valence-electron chi connectivity index (χ2n) is 5.86. The molecule has 2 amide bonds. The van der Waals surface area contributed by atoms with Gasteiger partial charge in [0, 0.05) is 30.5 Å². The van der Waals surface area contributed by atoms with Crippen molar-refractivity contribution in [2.24, 2.45) is 0 Å². The van der Waals surface area contributed by atoms with Crippen molar-refractivity contribution < 1.29 is 9.53 Å². The molecule has 7 heteroatoms. The predicted octanol–water partition coefficient (Wildman–Crippen LogP) is 3.45. The van der Waals surface area contributed by atoms with Crippen LogP contribution in [0.1, 0.15) is 18.5 Å². The first-order valence-electron chi connectivity index (χ1n) is 8.23. The van der Waals surface area contributed by atoms with E-state index in [0.717, 1.165) is 24.3 Å². The van der Waals surface area contributed by atoms with E-state index >= 15 is 0 Å². The zero-order valence-electron chi connectivity index (χ0n) is 14.0. The number of aromatic nitrogens is 1. The van der Waals surface area contributed by atoms with Crippen LogP contribution in [0.25, 0.3) is 0 Å². The lowest BCUT2D eigenvalue weighted by Gasteiger charge is -2.30. The SMILES string of the molecule is CC(NC(=O)Nc1cc(Cl)ccc1N1CCOCC1)c1ccncc1. The summed E-state index contributed by atoms with van der Waals surface area (Å²) in [5.74, 6) is 0. The topological polar surface area (TPSA) is 66.5 Å². The number of ether oxygens (including phenoxy) is 1. The molecule has 1 aromatic carbocycles. The van der Waals surface area contributed by atoms with Crippen molar-refractivity contribution in [3.05, 3.63) is 53.3 Å². The zero-order chi connectivity index (χ0) is 17.6. The Kier molecular flexibility index (Phi) is 5.73. The number of halogens is 1. The highest BCUT2D eigenvalue weighted by Crippen LogP contribution is 2.30. The summed E-state index contributed by atoms with van der Waals surface area (Å²) in [5.41, 5.74) is 2.62. The Morgan fingerprint density at radius 3 is 2.68 bits per heavy atom. The van der Waals surface area contributed by atoms with Crippen LogP contribution in [0.15, 0.2) is 42.7 Å². The number of rotatable bonds is 4. The van der Waals surface area contributed by atoms with E-state index in [9.17, 15) is 4.79 Å². The number of hydrogen-bond donors (Lipinski definition) is 2. The normalized spacial score (nSPS) is 15.5. The first kappa shape index (κ1) is 17.5. The van der Waals surface area contributed by atoms with Gasteiger partial charge in [0.2, 0.25) is 0 Å². The van der Waals surface area contributed by atoms with Gasteiger partial charge in [0.25, 0.3) is 0 Å². The van der Waals surface area contributed by atoms with E-state index in [1.165, 1.54) is 0 Å². The Bertz CT molecular complexity index is 720. The number of pyridine rings is 1. The van der Waals surface area contributed by atoms with E-state index in [0.29, 0.717) is 23.9 Å². The van der Waals surface area contributed by atoms with Crippen molar-refractivity contribution in [2.75, 3.05) is 36.5 Å². The molecule has 6 nitrogen and oxygen atoms in total. The highest BCUT2D eigenvalue weighted by atomic mass is 35.5. The third kappa shape index (κ3) is 4.61. The minimum atomic E-state index is -0.277. The van der Waals surface area contributed by atoms with Crippen LogP contribution in [0.3, 0.4) is 0 Å². The summed E-state index contributed by atoms with van der Waals surface area (Å²) in [6, 6.07) is 8.87. The Labute approximate surface area is 152 Å². The van der Waals surface area contributed by atoms with Gasteiger partial charge in [-0.1, -0.05) is 11.6 Å². The summed E-state index contributed by atoms with van der Waals surface area (Å²) in [7, 11) is 0. The third-order valence-corrected chi connectivity index (χ3v) is 4.35. The lowest BCUT2D eigenvalue weighted by molar-refractivity contribution is 0.123. The Balaban J connectivity index is 1.71. The lowest BCUT2D eigenvalue weighted by Crippen LogP contribution is -2.37. The van der Waals surface area contributed by atoms with E-state index in [2.05, 4.69) is 20.5 Å². The van der Waals surface area contributed by atoms with Crippen molar-refractivity contribution in [2.45, 2.75) is 13.0 Å². The monoisotopic (exact) mass is 360 g/mol. The van der Waals surface area contributed by atoms with Gasteiger partial charge in [-0.3, -0.25) is 4.98 Å². The second-order valence-corrected chi connectivity index (χ2v) is 6.30. The summed E-state index contributed by atoms with van der Waals surface area (Å²) >= 11 is 6.12. The fourth-order valence-corrected chi connectivity index (χ4v) is 2.95. The first-order valence-corrected chi connectivity index (χ1v) is 8.61. The molecule has 0 radical (unpaired) electrons. The molecule has 1 unspecified atom stereocenters. The largest absolute Gasteiger partial charge is 0.378 e. The summed E-state index contributed by atoms with van der Waals surface area (Å²) in [6.07, 6.45) is 3.41. The Morgan fingerprint density at radius 1 is 1.24 bits per heavy atom. The number of carbonyl (C=O) groups is 1. The zero-order valence-corrected chi connectivity index (χ0v) is 14.8. The van der Waals surface area contributed by atoms with Crippen LogP contribution in [0.4, 0.5) is 16.2 Å². The van der Waals surface area contributed by atoms with Crippen LogP contribution in [-0.2, 0) is 4.74 Å². The van der Waals surface area contributed by atoms with E-state index in [4.69, 9.17) is 16.3 Å². The minimum Gasteiger partial charge on any atom is -0.378 e. The maximum Gasteiger partial charge on any atom is 0.319 e. The molecule has 1 aromatic heterocycles. The highest BCUT2D eigenvalue weighted by molar-refractivity contribution is 6.31. The first-order chi connectivity index (χ1) is 12.1. The van der Waals surface area contributed by atoms with Crippen molar-refractivity contribution in [1.29, 1.82) is 0 Å². The van der Waals surface area contributed by atoms with E-state index in [1.54, 1.807) is 18.5 Å². The van der Waals surface area contributed by atoms with Crippen molar-refractivity contribution in [1.82, 2.24) is 10.3 Å². The molecule has 1 aliphatic rings. The fraction of sp³-hybridized carbons (Fsp3) is 0.333. The Morgan fingerprint density at radius 2 is 1.96 bits per heavy atom. The number of benzene rings is 1. The van der Waals surface area contributed by atoms with Crippen LogP contribution in [0, 0.1) is 0 Å². The maximum absolute atomic E-state index is 12.4. The molecular weight excluding hydrogens is 340 g/mol. The van der Waals surface area contributed by atoms with Gasteiger partial charge >= 0.3 is 6.03 Å². The smallest absolute Gasteiger partial charge is 0.319 e. The van der Waals surface area contributed by atoms with Gasteiger partial charge in [-0.05, 0) is 42.8 Å². The lowest BCUT2D eigenvalue weighted by atomic mass is 10.1. The Hall–Kier alpha value is -2.31. The molecule has 3 rings (SSSR count). The standard InChI is InChI=1S/C18H21ClN4O2/c1-13(14-4-6-20-7-5-14)21-18(24)22-16-12-15(19)2-3-17(16)23-8-10-25-11-9-23/h2-7,12-13H,8-11H2,1H3,(H2,21,22,24). The molecule has 0 spiro atoms. The van der Waals surface area contributed by atoms with Gasteiger partial charge in [0.1, 0.15) is 0 Å². The van der Waals surface area contributed by atoms with Crippen molar-refractivity contribution in [3.8, 4) is 0 Å². The summed E-state index contributed by atoms with van der Waals surface area (Å²) in [6.45, 7) is 4.84. The average molecular weight is 361 g/mol. The molecule has 2 N–H and O–H groups in total. The molecule has 132 valence electrons. The fourth-order valence-electron chi connectivity index (χ4n) is 2.78. The van der Waals surface area contributed by atoms with Crippen molar-refractivity contribution in [3.63, 3.8) is 0 Å². The molecule has 25 heavy (non-hydrogen) atoms. The van der Waals surface area contributed by atoms with Gasteiger partial charge in [0.15, 0.2) is 0 Å². The van der Waals surface area contributed by atoms with Crippen LogP contribution in [-0.4, -0.2) is 37.3 Å². The molecule has 0 aliphatic carbocycles. The molecule has 2 heterocycles. The van der Waals surface area contributed by atoms with Crippen LogP contribution in [0.5, 0.6) is 0 Å². The third-order valence-electron chi connectivity index (χ3n) is 4.11. The summed E-state index contributed by atoms with van der Waals surface area (Å²) < 4.78 is 5.39. The van der Waals surface area contributed by atoms with Crippen molar-refractivity contribution >= 4 is 29.0 Å².